The van der Waals surface area contributed by atoms with Crippen LogP contribution in [0, 0.1) is 0 Å². The maximum atomic E-state index is 12.7. The standard InChI is InChI=1S/C10H7F3N4/c11-10(12,13)7-1-3-15-5-6(7)8-2-4-16-9(14)17-8/h1-5H,(H2,14,16,17). The molecule has 4 nitrogen and oxygen atoms in total. The second-order valence-electron chi connectivity index (χ2n) is 3.22. The Hall–Kier alpha value is -2.18. The van der Waals surface area contributed by atoms with Crippen molar-refractivity contribution in [2.24, 2.45) is 0 Å². The van der Waals surface area contributed by atoms with Crippen LogP contribution in [0.1, 0.15) is 5.56 Å². The number of rotatable bonds is 1. The van der Waals surface area contributed by atoms with Gasteiger partial charge in [-0.15, -0.1) is 0 Å². The Labute approximate surface area is 94.3 Å². The number of nitrogens with two attached hydrogens (primary N) is 1. The zero-order valence-electron chi connectivity index (χ0n) is 8.44. The largest absolute Gasteiger partial charge is 0.417 e. The lowest BCUT2D eigenvalue weighted by Gasteiger charge is -2.11. The van der Waals surface area contributed by atoms with Crippen molar-refractivity contribution in [3.8, 4) is 11.3 Å². The molecule has 2 aromatic rings. The molecule has 0 aliphatic rings. The first-order chi connectivity index (χ1) is 7.98. The number of nitrogens with zero attached hydrogens (tertiary/aromatic N) is 3. The van der Waals surface area contributed by atoms with Gasteiger partial charge in [0.15, 0.2) is 0 Å². The third kappa shape index (κ3) is 2.32. The van der Waals surface area contributed by atoms with Crippen LogP contribution in [0.2, 0.25) is 0 Å². The Balaban J connectivity index is 2.60. The van der Waals surface area contributed by atoms with Gasteiger partial charge in [-0.1, -0.05) is 0 Å². The summed E-state index contributed by atoms with van der Waals surface area (Å²) >= 11 is 0. The minimum absolute atomic E-state index is 0.0838. The van der Waals surface area contributed by atoms with Crippen LogP contribution in [-0.2, 0) is 6.18 Å². The Morgan fingerprint density at radius 3 is 2.53 bits per heavy atom. The van der Waals surface area contributed by atoms with E-state index < -0.39 is 11.7 Å². The van der Waals surface area contributed by atoms with Crippen LogP contribution in [0.25, 0.3) is 11.3 Å². The van der Waals surface area contributed by atoms with E-state index in [1.807, 2.05) is 0 Å². The van der Waals surface area contributed by atoms with Gasteiger partial charge in [-0.25, -0.2) is 9.97 Å². The van der Waals surface area contributed by atoms with Gasteiger partial charge >= 0.3 is 6.18 Å². The quantitative estimate of drug-likeness (QED) is 0.829. The first-order valence-corrected chi connectivity index (χ1v) is 4.58. The number of pyridine rings is 1. The van der Waals surface area contributed by atoms with Crippen LogP contribution >= 0.6 is 0 Å². The van der Waals surface area contributed by atoms with E-state index in [4.69, 9.17) is 5.73 Å². The van der Waals surface area contributed by atoms with E-state index in [-0.39, 0.29) is 17.2 Å². The van der Waals surface area contributed by atoms with Crippen LogP contribution in [0.15, 0.2) is 30.7 Å². The number of anilines is 1. The minimum atomic E-state index is -4.46. The van der Waals surface area contributed by atoms with E-state index in [0.717, 1.165) is 18.5 Å². The van der Waals surface area contributed by atoms with Crippen molar-refractivity contribution in [2.75, 3.05) is 5.73 Å². The van der Waals surface area contributed by atoms with Crippen molar-refractivity contribution in [1.82, 2.24) is 15.0 Å². The number of nitrogen functional groups attached to an aromatic ring is 1. The normalized spacial score (nSPS) is 11.5. The smallest absolute Gasteiger partial charge is 0.368 e. The SMILES string of the molecule is Nc1nccc(-c2cnccc2C(F)(F)F)n1. The number of hydrogen-bond donors (Lipinski definition) is 1. The van der Waals surface area contributed by atoms with Crippen molar-refractivity contribution in [1.29, 1.82) is 0 Å². The Morgan fingerprint density at radius 2 is 1.88 bits per heavy atom. The summed E-state index contributed by atoms with van der Waals surface area (Å²) in [5.74, 6) is -0.0838. The average molecular weight is 240 g/mol. The highest BCUT2D eigenvalue weighted by Crippen LogP contribution is 2.35. The van der Waals surface area contributed by atoms with Gasteiger partial charge < -0.3 is 5.73 Å². The predicted octanol–water partition coefficient (Wildman–Crippen LogP) is 2.14. The molecule has 2 aromatic heterocycles. The Kier molecular flexibility index (Phi) is 2.66. The molecule has 0 aromatic carbocycles. The monoisotopic (exact) mass is 240 g/mol. The number of aromatic nitrogens is 3. The second kappa shape index (κ2) is 4.00. The molecule has 2 N–H and O–H groups in total. The van der Waals surface area contributed by atoms with E-state index >= 15 is 0 Å². The molecule has 7 heteroatoms. The maximum absolute atomic E-state index is 12.7. The van der Waals surface area contributed by atoms with E-state index in [2.05, 4.69) is 15.0 Å². The molecule has 0 aliphatic carbocycles. The first kappa shape index (κ1) is 11.3. The second-order valence-corrected chi connectivity index (χ2v) is 3.22. The summed E-state index contributed by atoms with van der Waals surface area (Å²) in [5, 5.41) is 0. The summed E-state index contributed by atoms with van der Waals surface area (Å²) in [6, 6.07) is 2.25. The topological polar surface area (TPSA) is 64.7 Å². The van der Waals surface area contributed by atoms with E-state index in [0.29, 0.717) is 0 Å². The number of alkyl halides is 3. The van der Waals surface area contributed by atoms with Crippen molar-refractivity contribution in [3.63, 3.8) is 0 Å². The highest BCUT2D eigenvalue weighted by Gasteiger charge is 2.33. The zero-order valence-corrected chi connectivity index (χ0v) is 8.44. The lowest BCUT2D eigenvalue weighted by molar-refractivity contribution is -0.137. The molecular weight excluding hydrogens is 233 g/mol. The molecule has 17 heavy (non-hydrogen) atoms. The molecule has 2 heterocycles. The summed E-state index contributed by atoms with van der Waals surface area (Å²) in [5.41, 5.74) is 4.51. The van der Waals surface area contributed by atoms with E-state index in [1.54, 1.807) is 0 Å². The molecule has 0 spiro atoms. The third-order valence-corrected chi connectivity index (χ3v) is 2.08. The average Bonchev–Trinajstić information content (AvgIpc) is 2.28. The van der Waals surface area contributed by atoms with Gasteiger partial charge in [-0.05, 0) is 12.1 Å². The molecule has 0 bridgehead atoms. The van der Waals surface area contributed by atoms with Crippen LogP contribution in [-0.4, -0.2) is 15.0 Å². The number of halogens is 3. The summed E-state index contributed by atoms with van der Waals surface area (Å²) in [7, 11) is 0. The fourth-order valence-corrected chi connectivity index (χ4v) is 1.37. The van der Waals surface area contributed by atoms with Gasteiger partial charge in [0, 0.05) is 24.2 Å². The molecule has 0 atom stereocenters. The van der Waals surface area contributed by atoms with Gasteiger partial charge in [-0.2, -0.15) is 13.2 Å². The third-order valence-electron chi connectivity index (χ3n) is 2.08. The molecule has 0 fully saturated rings. The molecule has 2 rings (SSSR count). The van der Waals surface area contributed by atoms with Gasteiger partial charge in [0.2, 0.25) is 5.95 Å². The van der Waals surface area contributed by atoms with Crippen LogP contribution < -0.4 is 5.73 Å². The molecule has 0 unspecified atom stereocenters. The molecule has 88 valence electrons. The van der Waals surface area contributed by atoms with Gasteiger partial charge in [0.25, 0.3) is 0 Å². The van der Waals surface area contributed by atoms with Crippen molar-refractivity contribution >= 4 is 5.95 Å². The van der Waals surface area contributed by atoms with Crippen LogP contribution in [0.3, 0.4) is 0 Å². The van der Waals surface area contributed by atoms with Crippen LogP contribution in [0.5, 0.6) is 0 Å². The van der Waals surface area contributed by atoms with E-state index in [9.17, 15) is 13.2 Å². The molecular formula is C10H7F3N4. The zero-order chi connectivity index (χ0) is 12.5. The highest BCUT2D eigenvalue weighted by molar-refractivity contribution is 5.63. The predicted molar refractivity (Wildman–Crippen MR) is 54.7 cm³/mol. The summed E-state index contributed by atoms with van der Waals surface area (Å²) in [6.07, 6.45) is -0.982. The van der Waals surface area contributed by atoms with Gasteiger partial charge in [0.05, 0.1) is 11.3 Å². The first-order valence-electron chi connectivity index (χ1n) is 4.58. The van der Waals surface area contributed by atoms with Crippen molar-refractivity contribution in [2.45, 2.75) is 6.18 Å². The number of hydrogen-bond acceptors (Lipinski definition) is 4. The molecule has 0 saturated carbocycles. The summed E-state index contributed by atoms with van der Waals surface area (Å²) < 4.78 is 38.2. The fourth-order valence-electron chi connectivity index (χ4n) is 1.37. The Bertz CT molecular complexity index is 539. The van der Waals surface area contributed by atoms with Gasteiger partial charge in [-0.3, -0.25) is 4.98 Å². The lowest BCUT2D eigenvalue weighted by Crippen LogP contribution is -2.08. The van der Waals surface area contributed by atoms with Crippen LogP contribution in [0.4, 0.5) is 19.1 Å². The van der Waals surface area contributed by atoms with Crippen molar-refractivity contribution < 1.29 is 13.2 Å². The summed E-state index contributed by atoms with van der Waals surface area (Å²) in [6.45, 7) is 0. The van der Waals surface area contributed by atoms with Gasteiger partial charge in [0.1, 0.15) is 0 Å². The minimum Gasteiger partial charge on any atom is -0.368 e. The lowest BCUT2D eigenvalue weighted by atomic mass is 10.1. The highest BCUT2D eigenvalue weighted by atomic mass is 19.4. The molecule has 0 amide bonds. The fraction of sp³-hybridized carbons (Fsp3) is 0.100. The van der Waals surface area contributed by atoms with Crippen molar-refractivity contribution in [3.05, 3.63) is 36.3 Å². The Morgan fingerprint density at radius 1 is 1.12 bits per heavy atom. The maximum Gasteiger partial charge on any atom is 0.417 e. The van der Waals surface area contributed by atoms with E-state index in [1.165, 1.54) is 12.3 Å². The molecule has 0 aliphatic heterocycles. The molecule has 0 radical (unpaired) electrons. The summed E-state index contributed by atoms with van der Waals surface area (Å²) in [4.78, 5) is 11.0. The molecule has 0 saturated heterocycles.